The maximum absolute atomic E-state index is 12.6. The second-order valence-electron chi connectivity index (χ2n) is 8.83. The minimum Gasteiger partial charge on any atom is -0.494 e. The van der Waals surface area contributed by atoms with Gasteiger partial charge in [-0.15, -0.1) is 0 Å². The first-order valence-electron chi connectivity index (χ1n) is 11.5. The third-order valence-corrected chi connectivity index (χ3v) is 7.08. The summed E-state index contributed by atoms with van der Waals surface area (Å²) in [7, 11) is 0. The molecule has 0 atom stereocenters. The standard InChI is InChI=1S/C26H31N3O2/c1-20(30)29-16-12-23-22-10-5-6-11-24(22)27-25(23)26(29)13-17-28(18-14-26)15-7-19-31-21-8-3-2-4-9-21/h2-6,8-11,27H,7,12-19H2,1H3. The van der Waals surface area contributed by atoms with Crippen LogP contribution in [-0.2, 0) is 16.8 Å². The lowest BCUT2D eigenvalue weighted by molar-refractivity contribution is -0.139. The van der Waals surface area contributed by atoms with Crippen molar-refractivity contribution < 1.29 is 9.53 Å². The number of H-pyrrole nitrogens is 1. The van der Waals surface area contributed by atoms with Gasteiger partial charge in [0.2, 0.25) is 5.91 Å². The SMILES string of the molecule is CC(=O)N1CCc2c([nH]c3ccccc23)C12CCN(CCCOc1ccccc1)CC2. The number of benzene rings is 2. The summed E-state index contributed by atoms with van der Waals surface area (Å²) >= 11 is 0. The Morgan fingerprint density at radius 2 is 1.77 bits per heavy atom. The highest BCUT2D eigenvalue weighted by Gasteiger charge is 2.47. The van der Waals surface area contributed by atoms with Gasteiger partial charge in [0.1, 0.15) is 5.75 Å². The molecule has 1 N–H and O–H groups in total. The number of fused-ring (bicyclic) bond motifs is 4. The Hall–Kier alpha value is -2.79. The molecule has 162 valence electrons. The largest absolute Gasteiger partial charge is 0.494 e. The number of likely N-dealkylation sites (tertiary alicyclic amines) is 1. The van der Waals surface area contributed by atoms with Gasteiger partial charge in [0.25, 0.3) is 0 Å². The Morgan fingerprint density at radius 3 is 2.55 bits per heavy atom. The number of rotatable bonds is 5. The van der Waals surface area contributed by atoms with E-state index in [-0.39, 0.29) is 11.4 Å². The van der Waals surface area contributed by atoms with E-state index in [4.69, 9.17) is 4.74 Å². The second kappa shape index (κ2) is 8.39. The third-order valence-electron chi connectivity index (χ3n) is 7.08. The number of nitrogens with one attached hydrogen (secondary N) is 1. The van der Waals surface area contributed by atoms with Crippen LogP contribution in [0.2, 0.25) is 0 Å². The molecule has 1 saturated heterocycles. The van der Waals surface area contributed by atoms with Crippen LogP contribution in [0.25, 0.3) is 10.9 Å². The fraction of sp³-hybridized carbons (Fsp3) is 0.423. The molecule has 3 heterocycles. The molecule has 0 aliphatic carbocycles. The molecule has 1 spiro atoms. The molecule has 3 aromatic rings. The predicted molar refractivity (Wildman–Crippen MR) is 123 cm³/mol. The van der Waals surface area contributed by atoms with E-state index in [2.05, 4.69) is 39.0 Å². The number of ether oxygens (including phenoxy) is 1. The topological polar surface area (TPSA) is 48.6 Å². The molecule has 0 radical (unpaired) electrons. The molecular formula is C26H31N3O2. The van der Waals surface area contributed by atoms with E-state index < -0.39 is 0 Å². The summed E-state index contributed by atoms with van der Waals surface area (Å²) in [6.45, 7) is 6.31. The Morgan fingerprint density at radius 1 is 1.03 bits per heavy atom. The van der Waals surface area contributed by atoms with Gasteiger partial charge in [0, 0.05) is 49.7 Å². The van der Waals surface area contributed by atoms with Crippen molar-refractivity contribution >= 4 is 16.8 Å². The summed E-state index contributed by atoms with van der Waals surface area (Å²) in [6.07, 6.45) is 3.90. The fourth-order valence-corrected chi connectivity index (χ4v) is 5.55. The molecule has 1 amide bonds. The van der Waals surface area contributed by atoms with E-state index in [9.17, 15) is 4.79 Å². The van der Waals surface area contributed by atoms with Crippen LogP contribution in [0.15, 0.2) is 54.6 Å². The van der Waals surface area contributed by atoms with Gasteiger partial charge >= 0.3 is 0 Å². The summed E-state index contributed by atoms with van der Waals surface area (Å²) in [5.74, 6) is 1.12. The average Bonchev–Trinajstić information content (AvgIpc) is 3.19. The zero-order valence-electron chi connectivity index (χ0n) is 18.3. The summed E-state index contributed by atoms with van der Waals surface area (Å²) in [6, 6.07) is 18.6. The first kappa shape index (κ1) is 20.1. The molecule has 2 aromatic carbocycles. The van der Waals surface area contributed by atoms with E-state index in [1.54, 1.807) is 6.92 Å². The number of hydrogen-bond donors (Lipinski definition) is 1. The fourth-order valence-electron chi connectivity index (χ4n) is 5.55. The molecule has 5 rings (SSSR count). The van der Waals surface area contributed by atoms with Gasteiger partial charge < -0.3 is 19.5 Å². The van der Waals surface area contributed by atoms with Crippen molar-refractivity contribution in [3.05, 3.63) is 65.9 Å². The van der Waals surface area contributed by atoms with Crippen LogP contribution in [0, 0.1) is 0 Å². The third kappa shape index (κ3) is 3.72. The van der Waals surface area contributed by atoms with Gasteiger partial charge in [0.15, 0.2) is 0 Å². The Kier molecular flexibility index (Phi) is 5.45. The quantitative estimate of drug-likeness (QED) is 0.629. The lowest BCUT2D eigenvalue weighted by Crippen LogP contribution is -2.57. The molecule has 5 heteroatoms. The zero-order valence-corrected chi connectivity index (χ0v) is 18.3. The molecular weight excluding hydrogens is 386 g/mol. The Bertz CT molecular complexity index is 1050. The number of carbonyl (C=O) groups excluding carboxylic acids is 1. The van der Waals surface area contributed by atoms with Crippen LogP contribution in [0.1, 0.15) is 37.4 Å². The van der Waals surface area contributed by atoms with Crippen molar-refractivity contribution in [2.45, 2.75) is 38.1 Å². The van der Waals surface area contributed by atoms with Crippen molar-refractivity contribution in [2.24, 2.45) is 0 Å². The van der Waals surface area contributed by atoms with Crippen molar-refractivity contribution in [1.82, 2.24) is 14.8 Å². The molecule has 31 heavy (non-hydrogen) atoms. The van der Waals surface area contributed by atoms with Gasteiger partial charge in [0.05, 0.1) is 12.1 Å². The summed E-state index contributed by atoms with van der Waals surface area (Å²) < 4.78 is 5.85. The number of para-hydroxylation sites is 2. The highest BCUT2D eigenvalue weighted by atomic mass is 16.5. The van der Waals surface area contributed by atoms with Gasteiger partial charge in [-0.25, -0.2) is 0 Å². The molecule has 0 bridgehead atoms. The number of carbonyl (C=O) groups is 1. The summed E-state index contributed by atoms with van der Waals surface area (Å²) in [5, 5.41) is 1.32. The number of aromatic nitrogens is 1. The van der Waals surface area contributed by atoms with Crippen LogP contribution >= 0.6 is 0 Å². The van der Waals surface area contributed by atoms with Crippen LogP contribution in [0.4, 0.5) is 0 Å². The molecule has 5 nitrogen and oxygen atoms in total. The summed E-state index contributed by atoms with van der Waals surface area (Å²) in [4.78, 5) is 21.0. The molecule has 0 saturated carbocycles. The smallest absolute Gasteiger partial charge is 0.220 e. The second-order valence-corrected chi connectivity index (χ2v) is 8.83. The highest BCUT2D eigenvalue weighted by Crippen LogP contribution is 2.45. The number of hydrogen-bond acceptors (Lipinski definition) is 3. The van der Waals surface area contributed by atoms with Crippen molar-refractivity contribution in [3.8, 4) is 5.75 Å². The monoisotopic (exact) mass is 417 g/mol. The van der Waals surface area contributed by atoms with Gasteiger partial charge in [-0.05, 0) is 49.4 Å². The predicted octanol–water partition coefficient (Wildman–Crippen LogP) is 4.33. The van der Waals surface area contributed by atoms with Gasteiger partial charge in [-0.3, -0.25) is 4.79 Å². The molecule has 1 aromatic heterocycles. The lowest BCUT2D eigenvalue weighted by atomic mass is 9.77. The van der Waals surface area contributed by atoms with Crippen molar-refractivity contribution in [3.63, 3.8) is 0 Å². The number of aromatic amines is 1. The minimum atomic E-state index is -0.199. The summed E-state index contributed by atoms with van der Waals surface area (Å²) in [5.41, 5.74) is 3.69. The normalized spacial score (nSPS) is 18.3. The van der Waals surface area contributed by atoms with E-state index in [0.717, 1.165) is 64.2 Å². The van der Waals surface area contributed by atoms with Crippen LogP contribution in [0.5, 0.6) is 5.75 Å². The van der Waals surface area contributed by atoms with Gasteiger partial charge in [-0.2, -0.15) is 0 Å². The van der Waals surface area contributed by atoms with E-state index >= 15 is 0 Å². The Balaban J connectivity index is 1.28. The highest BCUT2D eigenvalue weighted by molar-refractivity contribution is 5.86. The van der Waals surface area contributed by atoms with E-state index in [1.165, 1.54) is 22.2 Å². The lowest BCUT2D eigenvalue weighted by Gasteiger charge is -2.51. The molecule has 2 aliphatic rings. The Labute approximate surface area is 184 Å². The molecule has 0 unspecified atom stereocenters. The maximum atomic E-state index is 12.6. The van der Waals surface area contributed by atoms with E-state index in [0.29, 0.717) is 0 Å². The van der Waals surface area contributed by atoms with Gasteiger partial charge in [-0.1, -0.05) is 36.4 Å². The first-order chi connectivity index (χ1) is 15.2. The van der Waals surface area contributed by atoms with Crippen LogP contribution < -0.4 is 4.74 Å². The van der Waals surface area contributed by atoms with E-state index in [1.807, 2.05) is 30.3 Å². The minimum absolute atomic E-state index is 0.189. The maximum Gasteiger partial charge on any atom is 0.220 e. The average molecular weight is 418 g/mol. The van der Waals surface area contributed by atoms with Crippen molar-refractivity contribution in [2.75, 3.05) is 32.8 Å². The molecule has 2 aliphatic heterocycles. The number of piperidine rings is 1. The number of amides is 1. The van der Waals surface area contributed by atoms with Crippen molar-refractivity contribution in [1.29, 1.82) is 0 Å². The zero-order chi connectivity index (χ0) is 21.3. The van der Waals surface area contributed by atoms with Crippen LogP contribution in [-0.4, -0.2) is 53.5 Å². The first-order valence-corrected chi connectivity index (χ1v) is 11.5. The van der Waals surface area contributed by atoms with Crippen LogP contribution in [0.3, 0.4) is 0 Å². The molecule has 1 fully saturated rings. The number of nitrogens with zero attached hydrogens (tertiary/aromatic N) is 2.